The van der Waals surface area contributed by atoms with Gasteiger partial charge >= 0.3 is 0 Å². The average molecular weight is 274 g/mol. The zero-order valence-corrected chi connectivity index (χ0v) is 14.0. The van der Waals surface area contributed by atoms with Gasteiger partial charge in [-0.15, -0.1) is 0 Å². The minimum Gasteiger partial charge on any atom is -0.366 e. The van der Waals surface area contributed by atoms with E-state index in [1.54, 1.807) is 0 Å². The van der Waals surface area contributed by atoms with E-state index in [-0.39, 0.29) is 5.54 Å². The molecule has 20 heavy (non-hydrogen) atoms. The third-order valence-corrected chi connectivity index (χ3v) is 4.66. The highest BCUT2D eigenvalue weighted by Crippen LogP contribution is 2.44. The van der Waals surface area contributed by atoms with Crippen molar-refractivity contribution >= 4 is 5.69 Å². The fourth-order valence-electron chi connectivity index (χ4n) is 3.71. The Bertz CT molecular complexity index is 477. The number of nitrogens with zero attached hydrogens (tertiary/aromatic N) is 1. The maximum absolute atomic E-state index is 3.29. The number of hydrogen-bond donors (Lipinski definition) is 1. The average Bonchev–Trinajstić information content (AvgIpc) is 2.36. The van der Waals surface area contributed by atoms with Gasteiger partial charge in [0.1, 0.15) is 0 Å². The molecular weight excluding hydrogens is 244 g/mol. The van der Waals surface area contributed by atoms with Gasteiger partial charge in [-0.1, -0.05) is 19.9 Å². The summed E-state index contributed by atoms with van der Waals surface area (Å²) in [4.78, 5) is 2.62. The Labute approximate surface area is 124 Å². The zero-order chi connectivity index (χ0) is 14.9. The van der Waals surface area contributed by atoms with Crippen LogP contribution in [0.4, 0.5) is 5.69 Å². The predicted molar refractivity (Wildman–Crippen MR) is 88.7 cm³/mol. The lowest BCUT2D eigenvalue weighted by atomic mass is 9.79. The summed E-state index contributed by atoms with van der Waals surface area (Å²) in [6.45, 7) is 13.8. The quantitative estimate of drug-likeness (QED) is 0.884. The van der Waals surface area contributed by atoms with Gasteiger partial charge in [0.15, 0.2) is 0 Å². The van der Waals surface area contributed by atoms with Gasteiger partial charge in [-0.05, 0) is 69.3 Å². The molecule has 0 spiro atoms. The van der Waals surface area contributed by atoms with Gasteiger partial charge in [0, 0.05) is 24.3 Å². The summed E-state index contributed by atoms with van der Waals surface area (Å²) in [6, 6.07) is 4.85. The van der Waals surface area contributed by atoms with Crippen molar-refractivity contribution in [2.24, 2.45) is 0 Å². The Hall–Kier alpha value is -1.02. The molecule has 0 saturated heterocycles. The van der Waals surface area contributed by atoms with Crippen LogP contribution in [0.15, 0.2) is 12.1 Å². The van der Waals surface area contributed by atoms with Crippen LogP contribution in [0.25, 0.3) is 0 Å². The molecule has 0 bridgehead atoms. The highest BCUT2D eigenvalue weighted by Gasteiger charge is 2.36. The van der Waals surface area contributed by atoms with E-state index in [2.05, 4.69) is 57.0 Å². The molecule has 0 aliphatic carbocycles. The van der Waals surface area contributed by atoms with Crippen LogP contribution in [-0.2, 0) is 6.54 Å². The van der Waals surface area contributed by atoms with Crippen LogP contribution in [0, 0.1) is 6.92 Å². The van der Waals surface area contributed by atoms with Crippen molar-refractivity contribution in [2.75, 3.05) is 18.5 Å². The second kappa shape index (κ2) is 5.77. The number of fused-ring (bicyclic) bond motifs is 1. The van der Waals surface area contributed by atoms with Gasteiger partial charge in [0.05, 0.1) is 0 Å². The highest BCUT2D eigenvalue weighted by atomic mass is 15.2. The van der Waals surface area contributed by atoms with Crippen LogP contribution < -0.4 is 10.2 Å². The molecule has 1 aliphatic heterocycles. The predicted octanol–water partition coefficient (Wildman–Crippen LogP) is 4.22. The van der Waals surface area contributed by atoms with E-state index < -0.39 is 0 Å². The number of benzene rings is 1. The standard InChI is InChI=1S/C18H30N2/c1-7-8-20-17-9-13(2)15(12-19-6)10-16(17)14(3)11-18(20,4)5/h9-10,14,19H,7-8,11-12H2,1-6H3/t14-/m0/s1. The molecule has 0 radical (unpaired) electrons. The van der Waals surface area contributed by atoms with Gasteiger partial charge < -0.3 is 10.2 Å². The summed E-state index contributed by atoms with van der Waals surface area (Å²) in [7, 11) is 2.02. The maximum atomic E-state index is 3.29. The summed E-state index contributed by atoms with van der Waals surface area (Å²) < 4.78 is 0. The van der Waals surface area contributed by atoms with Gasteiger partial charge in [-0.25, -0.2) is 0 Å². The number of rotatable bonds is 4. The van der Waals surface area contributed by atoms with E-state index in [4.69, 9.17) is 0 Å². The zero-order valence-electron chi connectivity index (χ0n) is 14.0. The van der Waals surface area contributed by atoms with Crippen LogP contribution >= 0.6 is 0 Å². The Morgan fingerprint density at radius 1 is 1.35 bits per heavy atom. The smallest absolute Gasteiger partial charge is 0.0408 e. The van der Waals surface area contributed by atoms with E-state index in [9.17, 15) is 0 Å². The first-order chi connectivity index (χ1) is 9.40. The fourth-order valence-corrected chi connectivity index (χ4v) is 3.71. The van der Waals surface area contributed by atoms with E-state index in [1.807, 2.05) is 7.05 Å². The van der Waals surface area contributed by atoms with E-state index in [1.165, 1.54) is 35.2 Å². The Kier molecular flexibility index (Phi) is 4.43. The van der Waals surface area contributed by atoms with Gasteiger partial charge in [-0.2, -0.15) is 0 Å². The summed E-state index contributed by atoms with van der Waals surface area (Å²) in [6.07, 6.45) is 2.44. The third-order valence-electron chi connectivity index (χ3n) is 4.66. The monoisotopic (exact) mass is 274 g/mol. The number of anilines is 1. The van der Waals surface area contributed by atoms with Crippen molar-refractivity contribution in [3.05, 3.63) is 28.8 Å². The summed E-state index contributed by atoms with van der Waals surface area (Å²) in [5.41, 5.74) is 6.11. The molecule has 2 nitrogen and oxygen atoms in total. The van der Waals surface area contributed by atoms with Crippen LogP contribution in [-0.4, -0.2) is 19.1 Å². The molecule has 1 heterocycles. The minimum absolute atomic E-state index is 0.263. The molecule has 0 unspecified atom stereocenters. The van der Waals surface area contributed by atoms with Crippen molar-refractivity contribution in [3.8, 4) is 0 Å². The number of hydrogen-bond acceptors (Lipinski definition) is 2. The van der Waals surface area contributed by atoms with E-state index >= 15 is 0 Å². The molecule has 0 aromatic heterocycles. The Morgan fingerprint density at radius 2 is 2.05 bits per heavy atom. The lowest BCUT2D eigenvalue weighted by molar-refractivity contribution is 0.376. The molecule has 0 amide bonds. The molecular formula is C18H30N2. The van der Waals surface area contributed by atoms with Crippen molar-refractivity contribution < 1.29 is 0 Å². The Morgan fingerprint density at radius 3 is 2.65 bits per heavy atom. The minimum atomic E-state index is 0.263. The molecule has 0 fully saturated rings. The topological polar surface area (TPSA) is 15.3 Å². The first-order valence-electron chi connectivity index (χ1n) is 7.96. The first-order valence-corrected chi connectivity index (χ1v) is 7.96. The SMILES string of the molecule is CCCN1c2cc(C)c(CNC)cc2[C@@H](C)CC1(C)C. The van der Waals surface area contributed by atoms with Crippen LogP contribution in [0.1, 0.15) is 63.1 Å². The van der Waals surface area contributed by atoms with Gasteiger partial charge in [0.2, 0.25) is 0 Å². The molecule has 1 aliphatic rings. The largest absolute Gasteiger partial charge is 0.366 e. The summed E-state index contributed by atoms with van der Waals surface area (Å²) in [5, 5.41) is 3.29. The molecule has 112 valence electrons. The number of aryl methyl sites for hydroxylation is 1. The molecule has 1 aromatic carbocycles. The first kappa shape index (κ1) is 15.4. The van der Waals surface area contributed by atoms with Crippen molar-refractivity contribution in [1.82, 2.24) is 5.32 Å². The number of nitrogens with one attached hydrogen (secondary N) is 1. The van der Waals surface area contributed by atoms with Crippen LogP contribution in [0.3, 0.4) is 0 Å². The van der Waals surface area contributed by atoms with Crippen LogP contribution in [0.2, 0.25) is 0 Å². The van der Waals surface area contributed by atoms with E-state index in [0.29, 0.717) is 5.92 Å². The second-order valence-electron chi connectivity index (χ2n) is 6.94. The van der Waals surface area contributed by atoms with E-state index in [0.717, 1.165) is 13.1 Å². The lowest BCUT2D eigenvalue weighted by Gasteiger charge is -2.48. The van der Waals surface area contributed by atoms with Gasteiger partial charge in [-0.3, -0.25) is 0 Å². The second-order valence-corrected chi connectivity index (χ2v) is 6.94. The van der Waals surface area contributed by atoms with Crippen molar-refractivity contribution in [2.45, 2.75) is 65.5 Å². The molecule has 2 heteroatoms. The van der Waals surface area contributed by atoms with Crippen molar-refractivity contribution in [1.29, 1.82) is 0 Å². The highest BCUT2D eigenvalue weighted by molar-refractivity contribution is 5.62. The summed E-state index contributed by atoms with van der Waals surface area (Å²) >= 11 is 0. The third kappa shape index (κ3) is 2.71. The maximum Gasteiger partial charge on any atom is 0.0408 e. The molecule has 0 saturated carbocycles. The fraction of sp³-hybridized carbons (Fsp3) is 0.667. The van der Waals surface area contributed by atoms with Gasteiger partial charge in [0.25, 0.3) is 0 Å². The van der Waals surface area contributed by atoms with Crippen molar-refractivity contribution in [3.63, 3.8) is 0 Å². The lowest BCUT2D eigenvalue weighted by Crippen LogP contribution is -2.48. The Balaban J connectivity index is 2.51. The normalized spacial score (nSPS) is 20.9. The molecule has 1 aromatic rings. The molecule has 1 atom stereocenters. The molecule has 2 rings (SSSR count). The summed E-state index contributed by atoms with van der Waals surface area (Å²) in [5.74, 6) is 0.643. The van der Waals surface area contributed by atoms with Crippen LogP contribution in [0.5, 0.6) is 0 Å². The molecule has 1 N–H and O–H groups in total.